The standard InChI is InChI=1S/C13H16N2O2/c1-3-17-10(2)13(16)15-12-6-4-11(5-7-12)8-9-14/h4-7,10H,3,8H2,1-2H3,(H,15,16). The Bertz CT molecular complexity index is 406. The molecule has 1 amide bonds. The molecule has 1 unspecified atom stereocenters. The van der Waals surface area contributed by atoms with Crippen molar-refractivity contribution >= 4 is 11.6 Å². The monoisotopic (exact) mass is 232 g/mol. The first-order valence-corrected chi connectivity index (χ1v) is 5.55. The van der Waals surface area contributed by atoms with E-state index in [1.165, 1.54) is 0 Å². The lowest BCUT2D eigenvalue weighted by atomic mass is 10.1. The summed E-state index contributed by atoms with van der Waals surface area (Å²) in [4.78, 5) is 11.6. The number of benzene rings is 1. The molecule has 1 rings (SSSR count). The second kappa shape index (κ2) is 6.66. The van der Waals surface area contributed by atoms with Gasteiger partial charge in [0, 0.05) is 12.3 Å². The third-order valence-corrected chi connectivity index (χ3v) is 2.29. The Balaban J connectivity index is 2.57. The summed E-state index contributed by atoms with van der Waals surface area (Å²) < 4.78 is 5.18. The maximum absolute atomic E-state index is 11.6. The van der Waals surface area contributed by atoms with E-state index in [-0.39, 0.29) is 5.91 Å². The number of hydrogen-bond acceptors (Lipinski definition) is 3. The largest absolute Gasteiger partial charge is 0.369 e. The Hall–Kier alpha value is -1.86. The van der Waals surface area contributed by atoms with Gasteiger partial charge in [0.2, 0.25) is 0 Å². The average molecular weight is 232 g/mol. The number of anilines is 1. The molecule has 0 heterocycles. The highest BCUT2D eigenvalue weighted by molar-refractivity contribution is 5.93. The van der Waals surface area contributed by atoms with Crippen LogP contribution in [-0.2, 0) is 16.0 Å². The van der Waals surface area contributed by atoms with Crippen molar-refractivity contribution in [3.63, 3.8) is 0 Å². The smallest absolute Gasteiger partial charge is 0.253 e. The zero-order valence-corrected chi connectivity index (χ0v) is 10.1. The molecule has 1 aromatic carbocycles. The van der Waals surface area contributed by atoms with E-state index in [4.69, 9.17) is 10.00 Å². The molecular weight excluding hydrogens is 216 g/mol. The number of nitriles is 1. The summed E-state index contributed by atoms with van der Waals surface area (Å²) in [6.07, 6.45) is -0.0809. The molecule has 0 aliphatic heterocycles. The fourth-order valence-electron chi connectivity index (χ4n) is 1.37. The van der Waals surface area contributed by atoms with Crippen LogP contribution in [0.4, 0.5) is 5.69 Å². The quantitative estimate of drug-likeness (QED) is 0.845. The highest BCUT2D eigenvalue weighted by Gasteiger charge is 2.12. The van der Waals surface area contributed by atoms with Gasteiger partial charge in [0.25, 0.3) is 5.91 Å². The third kappa shape index (κ3) is 4.25. The molecule has 4 nitrogen and oxygen atoms in total. The van der Waals surface area contributed by atoms with Crippen molar-refractivity contribution in [3.8, 4) is 6.07 Å². The van der Waals surface area contributed by atoms with Crippen LogP contribution in [0, 0.1) is 11.3 Å². The molecule has 0 saturated carbocycles. The van der Waals surface area contributed by atoms with Crippen molar-refractivity contribution in [1.82, 2.24) is 0 Å². The molecule has 0 aliphatic carbocycles. The molecule has 1 atom stereocenters. The summed E-state index contributed by atoms with van der Waals surface area (Å²) in [6.45, 7) is 4.07. The SMILES string of the molecule is CCOC(C)C(=O)Nc1ccc(CC#N)cc1. The molecule has 1 aromatic rings. The van der Waals surface area contributed by atoms with Gasteiger partial charge in [-0.25, -0.2) is 0 Å². The van der Waals surface area contributed by atoms with Gasteiger partial charge in [0.05, 0.1) is 12.5 Å². The number of nitrogens with zero attached hydrogens (tertiary/aromatic N) is 1. The topological polar surface area (TPSA) is 62.1 Å². The fourth-order valence-corrected chi connectivity index (χ4v) is 1.37. The lowest BCUT2D eigenvalue weighted by Gasteiger charge is -2.12. The third-order valence-electron chi connectivity index (χ3n) is 2.29. The van der Waals surface area contributed by atoms with Crippen LogP contribution in [-0.4, -0.2) is 18.6 Å². The van der Waals surface area contributed by atoms with Gasteiger partial charge < -0.3 is 10.1 Å². The number of amides is 1. The van der Waals surface area contributed by atoms with Crippen LogP contribution >= 0.6 is 0 Å². The minimum atomic E-state index is -0.459. The maximum Gasteiger partial charge on any atom is 0.253 e. The molecule has 0 radical (unpaired) electrons. The lowest BCUT2D eigenvalue weighted by Crippen LogP contribution is -2.27. The van der Waals surface area contributed by atoms with Gasteiger partial charge in [-0.1, -0.05) is 12.1 Å². The second-order valence-electron chi connectivity index (χ2n) is 3.62. The molecule has 0 saturated heterocycles. The van der Waals surface area contributed by atoms with Gasteiger partial charge in [0.1, 0.15) is 6.10 Å². The normalized spacial score (nSPS) is 11.6. The Kier molecular flexibility index (Phi) is 5.18. The van der Waals surface area contributed by atoms with Gasteiger partial charge in [-0.2, -0.15) is 5.26 Å². The first kappa shape index (κ1) is 13.2. The average Bonchev–Trinajstić information content (AvgIpc) is 2.32. The number of carbonyl (C=O) groups excluding carboxylic acids is 1. The van der Waals surface area contributed by atoms with E-state index in [2.05, 4.69) is 11.4 Å². The Morgan fingerprint density at radius 3 is 2.65 bits per heavy atom. The molecule has 0 fully saturated rings. The minimum absolute atomic E-state index is 0.167. The first-order valence-electron chi connectivity index (χ1n) is 5.55. The van der Waals surface area contributed by atoms with Crippen LogP contribution in [0.15, 0.2) is 24.3 Å². The summed E-state index contributed by atoms with van der Waals surface area (Å²) >= 11 is 0. The number of nitrogens with one attached hydrogen (secondary N) is 1. The number of ether oxygens (including phenoxy) is 1. The Morgan fingerprint density at radius 1 is 1.47 bits per heavy atom. The molecule has 17 heavy (non-hydrogen) atoms. The zero-order valence-electron chi connectivity index (χ0n) is 10.1. The number of carbonyl (C=O) groups is 1. The van der Waals surface area contributed by atoms with Crippen molar-refractivity contribution in [2.24, 2.45) is 0 Å². The van der Waals surface area contributed by atoms with Crippen molar-refractivity contribution in [3.05, 3.63) is 29.8 Å². The van der Waals surface area contributed by atoms with E-state index in [0.717, 1.165) is 5.56 Å². The van der Waals surface area contributed by atoms with E-state index in [0.29, 0.717) is 18.7 Å². The number of rotatable bonds is 5. The summed E-state index contributed by atoms with van der Waals surface area (Å²) in [6, 6.07) is 9.28. The molecule has 0 bridgehead atoms. The van der Waals surface area contributed by atoms with E-state index >= 15 is 0 Å². The number of hydrogen-bond donors (Lipinski definition) is 1. The molecule has 0 aromatic heterocycles. The summed E-state index contributed by atoms with van der Waals surface area (Å²) in [5.74, 6) is -0.167. The molecule has 0 aliphatic rings. The molecule has 0 spiro atoms. The van der Waals surface area contributed by atoms with E-state index in [9.17, 15) is 4.79 Å². The van der Waals surface area contributed by atoms with E-state index in [1.54, 1.807) is 19.1 Å². The van der Waals surface area contributed by atoms with Crippen LogP contribution < -0.4 is 5.32 Å². The maximum atomic E-state index is 11.6. The van der Waals surface area contributed by atoms with E-state index in [1.807, 2.05) is 19.1 Å². The van der Waals surface area contributed by atoms with Gasteiger partial charge in [-0.3, -0.25) is 4.79 Å². The highest BCUT2D eigenvalue weighted by atomic mass is 16.5. The van der Waals surface area contributed by atoms with Crippen LogP contribution in [0.1, 0.15) is 19.4 Å². The van der Waals surface area contributed by atoms with Crippen molar-refractivity contribution < 1.29 is 9.53 Å². The second-order valence-corrected chi connectivity index (χ2v) is 3.62. The zero-order chi connectivity index (χ0) is 12.7. The molecule has 4 heteroatoms. The lowest BCUT2D eigenvalue weighted by molar-refractivity contribution is -0.126. The molecular formula is C13H16N2O2. The van der Waals surface area contributed by atoms with Crippen molar-refractivity contribution in [1.29, 1.82) is 5.26 Å². The summed E-state index contributed by atoms with van der Waals surface area (Å²) in [7, 11) is 0. The van der Waals surface area contributed by atoms with Crippen LogP contribution in [0.3, 0.4) is 0 Å². The highest BCUT2D eigenvalue weighted by Crippen LogP contribution is 2.10. The molecule has 1 N–H and O–H groups in total. The first-order chi connectivity index (χ1) is 8.17. The van der Waals surface area contributed by atoms with Crippen molar-refractivity contribution in [2.45, 2.75) is 26.4 Å². The predicted molar refractivity (Wildman–Crippen MR) is 65.5 cm³/mol. The van der Waals surface area contributed by atoms with Gasteiger partial charge >= 0.3 is 0 Å². The van der Waals surface area contributed by atoms with Gasteiger partial charge in [0.15, 0.2) is 0 Å². The van der Waals surface area contributed by atoms with Crippen LogP contribution in [0.5, 0.6) is 0 Å². The Morgan fingerprint density at radius 2 is 2.12 bits per heavy atom. The van der Waals surface area contributed by atoms with Crippen LogP contribution in [0.25, 0.3) is 0 Å². The predicted octanol–water partition coefficient (Wildman–Crippen LogP) is 2.12. The fraction of sp³-hybridized carbons (Fsp3) is 0.385. The van der Waals surface area contributed by atoms with Crippen molar-refractivity contribution in [2.75, 3.05) is 11.9 Å². The minimum Gasteiger partial charge on any atom is -0.369 e. The van der Waals surface area contributed by atoms with Crippen LogP contribution in [0.2, 0.25) is 0 Å². The van der Waals surface area contributed by atoms with Gasteiger partial charge in [-0.15, -0.1) is 0 Å². The summed E-state index contributed by atoms with van der Waals surface area (Å²) in [5.41, 5.74) is 1.64. The van der Waals surface area contributed by atoms with E-state index < -0.39 is 6.10 Å². The van der Waals surface area contributed by atoms with Gasteiger partial charge in [-0.05, 0) is 31.5 Å². The molecule has 90 valence electrons. The Labute approximate surface area is 101 Å². The summed E-state index contributed by atoms with van der Waals surface area (Å²) in [5, 5.41) is 11.3.